The highest BCUT2D eigenvalue weighted by atomic mass is 35.5. The van der Waals surface area contributed by atoms with E-state index in [2.05, 4.69) is 17.1 Å². The Morgan fingerprint density at radius 3 is 2.55 bits per heavy atom. The maximum Gasteiger partial charge on any atom is 0.238 e. The van der Waals surface area contributed by atoms with Gasteiger partial charge in [0, 0.05) is 12.2 Å². The zero-order valence-electron chi connectivity index (χ0n) is 13.1. The zero-order valence-corrected chi connectivity index (χ0v) is 13.9. The summed E-state index contributed by atoms with van der Waals surface area (Å²) in [7, 11) is 0. The highest BCUT2D eigenvalue weighted by Gasteiger charge is 2.17. The molecule has 0 bridgehead atoms. The minimum absolute atomic E-state index is 0. The van der Waals surface area contributed by atoms with Crippen LogP contribution in [0.15, 0.2) is 24.3 Å². The standard InChI is InChI=1S/C16H25N3O2.ClH/c1-13-6-9-19(10-7-13)12-16(20)18-14-2-4-15(5-3-14)21-11-8-17;/h2-5,13H,6-12,17H2,1H3,(H,18,20);1H. The maximum absolute atomic E-state index is 12.0. The fraction of sp³-hybridized carbons (Fsp3) is 0.562. The number of nitrogens with two attached hydrogens (primary N) is 1. The monoisotopic (exact) mass is 327 g/mol. The lowest BCUT2D eigenvalue weighted by Gasteiger charge is -2.29. The van der Waals surface area contributed by atoms with Crippen LogP contribution in [0.25, 0.3) is 0 Å². The predicted octanol–water partition coefficient (Wildman–Crippen LogP) is 2.12. The second-order valence-electron chi connectivity index (χ2n) is 5.67. The fourth-order valence-corrected chi connectivity index (χ4v) is 2.44. The average Bonchev–Trinajstić information content (AvgIpc) is 2.49. The maximum atomic E-state index is 12.0. The number of halogens is 1. The molecule has 0 unspecified atom stereocenters. The molecule has 22 heavy (non-hydrogen) atoms. The number of benzene rings is 1. The van der Waals surface area contributed by atoms with E-state index in [0.29, 0.717) is 19.7 Å². The lowest BCUT2D eigenvalue weighted by molar-refractivity contribution is -0.117. The van der Waals surface area contributed by atoms with E-state index < -0.39 is 0 Å². The summed E-state index contributed by atoms with van der Waals surface area (Å²) >= 11 is 0. The number of rotatable bonds is 6. The molecule has 1 fully saturated rings. The van der Waals surface area contributed by atoms with E-state index in [0.717, 1.165) is 30.4 Å². The van der Waals surface area contributed by atoms with Gasteiger partial charge < -0.3 is 15.8 Å². The third-order valence-electron chi connectivity index (χ3n) is 3.77. The van der Waals surface area contributed by atoms with E-state index in [1.807, 2.05) is 24.3 Å². The Kier molecular flexibility index (Phi) is 8.24. The van der Waals surface area contributed by atoms with E-state index in [1.54, 1.807) is 0 Å². The number of piperidine rings is 1. The summed E-state index contributed by atoms with van der Waals surface area (Å²) in [6.07, 6.45) is 2.36. The van der Waals surface area contributed by atoms with Crippen LogP contribution in [-0.4, -0.2) is 43.6 Å². The van der Waals surface area contributed by atoms with Crippen LogP contribution in [0.3, 0.4) is 0 Å². The molecule has 5 nitrogen and oxygen atoms in total. The smallest absolute Gasteiger partial charge is 0.238 e. The number of ether oxygens (including phenoxy) is 1. The van der Waals surface area contributed by atoms with Gasteiger partial charge in [-0.3, -0.25) is 9.69 Å². The highest BCUT2D eigenvalue weighted by Crippen LogP contribution is 2.17. The second-order valence-corrected chi connectivity index (χ2v) is 5.67. The summed E-state index contributed by atoms with van der Waals surface area (Å²) in [4.78, 5) is 14.2. The van der Waals surface area contributed by atoms with Gasteiger partial charge in [0.1, 0.15) is 12.4 Å². The van der Waals surface area contributed by atoms with Gasteiger partial charge in [-0.05, 0) is 56.1 Å². The molecule has 1 aliphatic heterocycles. The molecule has 1 aromatic carbocycles. The Hall–Kier alpha value is -1.30. The van der Waals surface area contributed by atoms with Gasteiger partial charge in [-0.1, -0.05) is 6.92 Å². The summed E-state index contributed by atoms with van der Waals surface area (Å²) in [6, 6.07) is 7.38. The molecule has 1 aliphatic rings. The third-order valence-corrected chi connectivity index (χ3v) is 3.77. The molecule has 6 heteroatoms. The molecular weight excluding hydrogens is 302 g/mol. The van der Waals surface area contributed by atoms with Crippen LogP contribution in [0, 0.1) is 5.92 Å². The molecule has 1 heterocycles. The first-order valence-corrected chi connectivity index (χ1v) is 7.62. The Bertz CT molecular complexity index is 445. The molecule has 0 saturated carbocycles. The van der Waals surface area contributed by atoms with Crippen molar-refractivity contribution < 1.29 is 9.53 Å². The summed E-state index contributed by atoms with van der Waals surface area (Å²) in [5.74, 6) is 1.59. The van der Waals surface area contributed by atoms with Crippen molar-refractivity contribution in [3.63, 3.8) is 0 Å². The van der Waals surface area contributed by atoms with E-state index in [4.69, 9.17) is 10.5 Å². The third kappa shape index (κ3) is 6.22. The normalized spacial score (nSPS) is 15.9. The zero-order chi connectivity index (χ0) is 15.1. The van der Waals surface area contributed by atoms with Gasteiger partial charge in [0.05, 0.1) is 6.54 Å². The molecule has 0 radical (unpaired) electrons. The van der Waals surface area contributed by atoms with Crippen LogP contribution in [0.4, 0.5) is 5.69 Å². The summed E-state index contributed by atoms with van der Waals surface area (Å²) in [5.41, 5.74) is 6.18. The Labute approximate surface area is 138 Å². The average molecular weight is 328 g/mol. The predicted molar refractivity (Wildman–Crippen MR) is 91.7 cm³/mol. The van der Waals surface area contributed by atoms with Crippen LogP contribution in [0.5, 0.6) is 5.75 Å². The van der Waals surface area contributed by atoms with Gasteiger partial charge in [-0.15, -0.1) is 12.4 Å². The number of nitrogens with zero attached hydrogens (tertiary/aromatic N) is 1. The quantitative estimate of drug-likeness (QED) is 0.840. The molecule has 1 aromatic rings. The van der Waals surface area contributed by atoms with Crippen molar-refractivity contribution in [1.29, 1.82) is 0 Å². The van der Waals surface area contributed by atoms with E-state index in [-0.39, 0.29) is 18.3 Å². The summed E-state index contributed by atoms with van der Waals surface area (Å²) in [5, 5.41) is 2.92. The first kappa shape index (κ1) is 18.7. The topological polar surface area (TPSA) is 67.6 Å². The van der Waals surface area contributed by atoms with Gasteiger partial charge in [0.2, 0.25) is 5.91 Å². The van der Waals surface area contributed by atoms with Gasteiger partial charge in [0.25, 0.3) is 0 Å². The van der Waals surface area contributed by atoms with Crippen molar-refractivity contribution in [3.8, 4) is 5.75 Å². The number of carbonyl (C=O) groups excluding carboxylic acids is 1. The highest BCUT2D eigenvalue weighted by molar-refractivity contribution is 5.92. The molecule has 1 amide bonds. The van der Waals surface area contributed by atoms with Crippen molar-refractivity contribution in [1.82, 2.24) is 4.90 Å². The number of nitrogens with one attached hydrogen (secondary N) is 1. The first-order valence-electron chi connectivity index (χ1n) is 7.62. The number of likely N-dealkylation sites (tertiary alicyclic amines) is 1. The van der Waals surface area contributed by atoms with Gasteiger partial charge >= 0.3 is 0 Å². The van der Waals surface area contributed by atoms with Crippen molar-refractivity contribution in [3.05, 3.63) is 24.3 Å². The van der Waals surface area contributed by atoms with Crippen molar-refractivity contribution in [2.24, 2.45) is 11.7 Å². The van der Waals surface area contributed by atoms with Gasteiger partial charge in [-0.2, -0.15) is 0 Å². The van der Waals surface area contributed by atoms with Crippen LogP contribution in [0.2, 0.25) is 0 Å². The number of carbonyl (C=O) groups is 1. The Morgan fingerprint density at radius 1 is 1.32 bits per heavy atom. The van der Waals surface area contributed by atoms with E-state index >= 15 is 0 Å². The summed E-state index contributed by atoms with van der Waals surface area (Å²) in [6.45, 7) is 5.76. The van der Waals surface area contributed by atoms with Gasteiger partial charge in [0.15, 0.2) is 0 Å². The number of anilines is 1. The number of amides is 1. The lowest BCUT2D eigenvalue weighted by atomic mass is 9.99. The van der Waals surface area contributed by atoms with Crippen molar-refractivity contribution in [2.75, 3.05) is 38.1 Å². The SMILES string of the molecule is CC1CCN(CC(=O)Nc2ccc(OCCN)cc2)CC1.Cl. The Balaban J connectivity index is 0.00000242. The Morgan fingerprint density at radius 2 is 1.95 bits per heavy atom. The van der Waals surface area contributed by atoms with Crippen LogP contribution < -0.4 is 15.8 Å². The lowest BCUT2D eigenvalue weighted by Crippen LogP contribution is -2.38. The molecule has 0 aromatic heterocycles. The molecule has 3 N–H and O–H groups in total. The molecule has 0 aliphatic carbocycles. The van der Waals surface area contributed by atoms with E-state index in [9.17, 15) is 4.79 Å². The molecule has 124 valence electrons. The number of hydrogen-bond acceptors (Lipinski definition) is 4. The van der Waals surface area contributed by atoms with Gasteiger partial charge in [-0.25, -0.2) is 0 Å². The minimum atomic E-state index is 0. The molecule has 0 spiro atoms. The largest absolute Gasteiger partial charge is 0.492 e. The first-order chi connectivity index (χ1) is 10.2. The van der Waals surface area contributed by atoms with Crippen molar-refractivity contribution in [2.45, 2.75) is 19.8 Å². The second kappa shape index (κ2) is 9.66. The van der Waals surface area contributed by atoms with Crippen LogP contribution >= 0.6 is 12.4 Å². The minimum Gasteiger partial charge on any atom is -0.492 e. The molecular formula is C16H26ClN3O2. The van der Waals surface area contributed by atoms with Crippen LogP contribution in [-0.2, 0) is 4.79 Å². The molecule has 2 rings (SSSR count). The van der Waals surface area contributed by atoms with Crippen molar-refractivity contribution >= 4 is 24.0 Å². The van der Waals surface area contributed by atoms with Crippen LogP contribution in [0.1, 0.15) is 19.8 Å². The van der Waals surface area contributed by atoms with E-state index in [1.165, 1.54) is 12.8 Å². The molecule has 0 atom stereocenters. The number of hydrogen-bond donors (Lipinski definition) is 2. The molecule has 1 saturated heterocycles. The summed E-state index contributed by atoms with van der Waals surface area (Å²) < 4.78 is 5.40. The fourth-order valence-electron chi connectivity index (χ4n) is 2.44.